The van der Waals surface area contributed by atoms with Crippen LogP contribution in [0.4, 0.5) is 0 Å². The molecule has 1 atom stereocenters. The Balaban J connectivity index is 4.51. The monoisotopic (exact) mass is 257 g/mol. The van der Waals surface area contributed by atoms with E-state index in [1.165, 1.54) is 57.8 Å². The van der Waals surface area contributed by atoms with Gasteiger partial charge in [0, 0.05) is 6.04 Å². The molecule has 1 unspecified atom stereocenters. The Morgan fingerprint density at radius 2 is 1.28 bits per heavy atom. The summed E-state index contributed by atoms with van der Waals surface area (Å²) in [4.78, 5) is 0. The topological polar surface area (TPSA) is 35.2 Å². The molecule has 0 saturated carbocycles. The second-order valence-electron chi connectivity index (χ2n) is 5.78. The van der Waals surface area contributed by atoms with Crippen LogP contribution in [0, 0.1) is 0 Å². The molecular formula is C16H35NO. The second-order valence-corrected chi connectivity index (χ2v) is 5.78. The van der Waals surface area contributed by atoms with Crippen LogP contribution in [0.5, 0.6) is 0 Å². The summed E-state index contributed by atoms with van der Waals surface area (Å²) in [6, 6.07) is 0.147. The highest BCUT2D eigenvalue weighted by molar-refractivity contribution is 4.81. The second kappa shape index (κ2) is 10.8. The van der Waals surface area contributed by atoms with E-state index in [4.69, 9.17) is 10.5 Å². The Morgan fingerprint density at radius 3 is 1.56 bits per heavy atom. The lowest BCUT2D eigenvalue weighted by Gasteiger charge is -2.35. The standard InChI is InChI=1S/C16H35NO/c1-5-8-11-16(12-9-6-2,13-10-7-3)18-14-15(4)17/h15H,5-14,17H2,1-4H3. The fourth-order valence-electron chi connectivity index (χ4n) is 2.40. The molecule has 0 aliphatic rings. The average Bonchev–Trinajstić information content (AvgIpc) is 2.37. The fraction of sp³-hybridized carbons (Fsp3) is 1.00. The van der Waals surface area contributed by atoms with Gasteiger partial charge in [-0.05, 0) is 26.2 Å². The molecule has 0 aromatic rings. The molecule has 2 N–H and O–H groups in total. The molecule has 0 heterocycles. The largest absolute Gasteiger partial charge is 0.373 e. The van der Waals surface area contributed by atoms with Crippen molar-refractivity contribution in [3.05, 3.63) is 0 Å². The minimum Gasteiger partial charge on any atom is -0.373 e. The van der Waals surface area contributed by atoms with Crippen LogP contribution in [-0.2, 0) is 4.74 Å². The van der Waals surface area contributed by atoms with Crippen molar-refractivity contribution in [3.63, 3.8) is 0 Å². The minimum atomic E-state index is 0.107. The van der Waals surface area contributed by atoms with E-state index >= 15 is 0 Å². The summed E-state index contributed by atoms with van der Waals surface area (Å²) in [7, 11) is 0. The Bertz CT molecular complexity index is 158. The molecule has 2 heteroatoms. The van der Waals surface area contributed by atoms with Gasteiger partial charge in [0.1, 0.15) is 0 Å². The fourth-order valence-corrected chi connectivity index (χ4v) is 2.40. The first kappa shape index (κ1) is 17.9. The van der Waals surface area contributed by atoms with Gasteiger partial charge in [-0.15, -0.1) is 0 Å². The molecule has 0 spiro atoms. The molecule has 0 saturated heterocycles. The summed E-state index contributed by atoms with van der Waals surface area (Å²) in [5.41, 5.74) is 5.97. The van der Waals surface area contributed by atoms with Crippen LogP contribution in [-0.4, -0.2) is 18.2 Å². The maximum atomic E-state index is 6.27. The predicted octanol–water partition coefficient (Wildman–Crippen LogP) is 4.66. The van der Waals surface area contributed by atoms with E-state index in [0.717, 1.165) is 0 Å². The highest BCUT2D eigenvalue weighted by atomic mass is 16.5. The highest BCUT2D eigenvalue weighted by Crippen LogP contribution is 2.31. The van der Waals surface area contributed by atoms with Gasteiger partial charge in [0.25, 0.3) is 0 Å². The van der Waals surface area contributed by atoms with E-state index in [1.54, 1.807) is 0 Å². The molecular weight excluding hydrogens is 222 g/mol. The summed E-state index contributed by atoms with van der Waals surface area (Å²) in [5.74, 6) is 0. The van der Waals surface area contributed by atoms with Crippen molar-refractivity contribution in [1.82, 2.24) is 0 Å². The molecule has 0 radical (unpaired) electrons. The summed E-state index contributed by atoms with van der Waals surface area (Å²) < 4.78 is 6.27. The lowest BCUT2D eigenvalue weighted by molar-refractivity contribution is -0.0710. The highest BCUT2D eigenvalue weighted by Gasteiger charge is 2.29. The van der Waals surface area contributed by atoms with Crippen molar-refractivity contribution in [1.29, 1.82) is 0 Å². The van der Waals surface area contributed by atoms with E-state index in [9.17, 15) is 0 Å². The number of unbranched alkanes of at least 4 members (excludes halogenated alkanes) is 3. The van der Waals surface area contributed by atoms with Crippen LogP contribution in [0.15, 0.2) is 0 Å². The quantitative estimate of drug-likeness (QED) is 0.552. The summed E-state index contributed by atoms with van der Waals surface area (Å²) >= 11 is 0. The van der Waals surface area contributed by atoms with E-state index in [2.05, 4.69) is 20.8 Å². The van der Waals surface area contributed by atoms with Crippen LogP contribution < -0.4 is 5.73 Å². The molecule has 0 fully saturated rings. The number of hydrogen-bond acceptors (Lipinski definition) is 2. The van der Waals surface area contributed by atoms with Crippen molar-refractivity contribution in [2.24, 2.45) is 5.73 Å². The minimum absolute atomic E-state index is 0.107. The van der Waals surface area contributed by atoms with Gasteiger partial charge in [-0.25, -0.2) is 0 Å². The molecule has 110 valence electrons. The van der Waals surface area contributed by atoms with Gasteiger partial charge in [-0.1, -0.05) is 59.3 Å². The maximum absolute atomic E-state index is 6.27. The summed E-state index contributed by atoms with van der Waals surface area (Å²) in [6.45, 7) is 9.52. The molecule has 0 aliphatic carbocycles. The number of nitrogens with two attached hydrogens (primary N) is 1. The van der Waals surface area contributed by atoms with Gasteiger partial charge in [0.05, 0.1) is 12.2 Å². The third-order valence-corrected chi connectivity index (χ3v) is 3.61. The van der Waals surface area contributed by atoms with Crippen LogP contribution in [0.25, 0.3) is 0 Å². The number of rotatable bonds is 12. The van der Waals surface area contributed by atoms with Crippen LogP contribution in [0.2, 0.25) is 0 Å². The van der Waals surface area contributed by atoms with Gasteiger partial charge in [0.15, 0.2) is 0 Å². The van der Waals surface area contributed by atoms with Gasteiger partial charge in [-0.3, -0.25) is 0 Å². The zero-order valence-electron chi connectivity index (χ0n) is 13.1. The first-order chi connectivity index (χ1) is 8.60. The number of ether oxygens (including phenoxy) is 1. The van der Waals surface area contributed by atoms with Crippen molar-refractivity contribution in [3.8, 4) is 0 Å². The molecule has 0 amide bonds. The van der Waals surface area contributed by atoms with E-state index in [0.29, 0.717) is 6.61 Å². The Kier molecular flexibility index (Phi) is 10.8. The summed E-state index contributed by atoms with van der Waals surface area (Å²) in [5, 5.41) is 0. The predicted molar refractivity (Wildman–Crippen MR) is 80.9 cm³/mol. The normalized spacial score (nSPS) is 13.8. The number of hydrogen-bond donors (Lipinski definition) is 1. The third kappa shape index (κ3) is 8.10. The SMILES string of the molecule is CCCCC(CCCC)(CCCC)OCC(C)N. The molecule has 0 aromatic heterocycles. The molecule has 0 aliphatic heterocycles. The third-order valence-electron chi connectivity index (χ3n) is 3.61. The average molecular weight is 257 g/mol. The zero-order chi connectivity index (χ0) is 13.9. The van der Waals surface area contributed by atoms with Gasteiger partial charge in [-0.2, -0.15) is 0 Å². The summed E-state index contributed by atoms with van der Waals surface area (Å²) in [6.07, 6.45) is 11.2. The van der Waals surface area contributed by atoms with E-state index < -0.39 is 0 Å². The van der Waals surface area contributed by atoms with Crippen molar-refractivity contribution >= 4 is 0 Å². The van der Waals surface area contributed by atoms with Crippen molar-refractivity contribution in [2.45, 2.75) is 97.1 Å². The molecule has 18 heavy (non-hydrogen) atoms. The van der Waals surface area contributed by atoms with E-state index in [-0.39, 0.29) is 11.6 Å². The van der Waals surface area contributed by atoms with Gasteiger partial charge < -0.3 is 10.5 Å². The first-order valence-electron chi connectivity index (χ1n) is 7.99. The molecule has 0 rings (SSSR count). The lowest BCUT2D eigenvalue weighted by atomic mass is 9.85. The van der Waals surface area contributed by atoms with Crippen LogP contribution in [0.1, 0.15) is 85.5 Å². The Morgan fingerprint density at radius 1 is 0.889 bits per heavy atom. The molecule has 0 aromatic carbocycles. The van der Waals surface area contributed by atoms with Crippen LogP contribution in [0.3, 0.4) is 0 Å². The van der Waals surface area contributed by atoms with Crippen molar-refractivity contribution < 1.29 is 4.74 Å². The molecule has 2 nitrogen and oxygen atoms in total. The van der Waals surface area contributed by atoms with Crippen LogP contribution >= 0.6 is 0 Å². The van der Waals surface area contributed by atoms with Gasteiger partial charge in [0.2, 0.25) is 0 Å². The Hall–Kier alpha value is -0.0800. The van der Waals surface area contributed by atoms with Crippen molar-refractivity contribution in [2.75, 3.05) is 6.61 Å². The Labute approximate surface area is 115 Å². The zero-order valence-corrected chi connectivity index (χ0v) is 13.1. The first-order valence-corrected chi connectivity index (χ1v) is 7.99. The smallest absolute Gasteiger partial charge is 0.0683 e. The van der Waals surface area contributed by atoms with E-state index in [1.807, 2.05) is 6.92 Å². The molecule has 0 bridgehead atoms. The van der Waals surface area contributed by atoms with Gasteiger partial charge >= 0.3 is 0 Å². The maximum Gasteiger partial charge on any atom is 0.0683 e. The lowest BCUT2D eigenvalue weighted by Crippen LogP contribution is -2.37.